The summed E-state index contributed by atoms with van der Waals surface area (Å²) in [6.45, 7) is 6.49. The van der Waals surface area contributed by atoms with Gasteiger partial charge in [-0.3, -0.25) is 14.2 Å². The molecule has 0 fully saturated rings. The zero-order chi connectivity index (χ0) is 21.7. The predicted molar refractivity (Wildman–Crippen MR) is 121 cm³/mol. The van der Waals surface area contributed by atoms with Crippen molar-refractivity contribution in [2.24, 2.45) is 5.92 Å². The van der Waals surface area contributed by atoms with Crippen LogP contribution in [-0.2, 0) is 11.3 Å². The van der Waals surface area contributed by atoms with Gasteiger partial charge in [-0.1, -0.05) is 49.9 Å². The lowest BCUT2D eigenvalue weighted by molar-refractivity contribution is -0.119. The molecule has 3 aromatic rings. The van der Waals surface area contributed by atoms with Crippen LogP contribution in [0.5, 0.6) is 5.75 Å². The Bertz CT molecular complexity index is 1080. The lowest BCUT2D eigenvalue weighted by atomic mass is 10.1. The minimum Gasteiger partial charge on any atom is -0.497 e. The van der Waals surface area contributed by atoms with Gasteiger partial charge in [0.25, 0.3) is 5.56 Å². The molecule has 0 aliphatic heterocycles. The van der Waals surface area contributed by atoms with Crippen molar-refractivity contribution in [1.29, 1.82) is 0 Å². The van der Waals surface area contributed by atoms with Crippen molar-refractivity contribution in [1.82, 2.24) is 14.9 Å². The van der Waals surface area contributed by atoms with Gasteiger partial charge in [-0.2, -0.15) is 0 Å². The smallest absolute Gasteiger partial charge is 0.262 e. The first-order chi connectivity index (χ1) is 14.4. The quantitative estimate of drug-likeness (QED) is 0.440. The molecule has 1 heterocycles. The van der Waals surface area contributed by atoms with Crippen LogP contribution in [0.1, 0.15) is 26.3 Å². The monoisotopic (exact) mass is 425 g/mol. The molecule has 0 aliphatic rings. The Labute approximate surface area is 180 Å². The molecule has 6 nitrogen and oxygen atoms in total. The number of nitrogens with zero attached hydrogens (tertiary/aromatic N) is 2. The SMILES string of the molecule is COc1ccc(Cn2c(SCC(=O)N[C@@H](C)C(C)C)nc3ccccc3c2=O)cc1. The van der Waals surface area contributed by atoms with Gasteiger partial charge in [0.1, 0.15) is 5.75 Å². The number of carbonyl (C=O) groups excluding carboxylic acids is 1. The van der Waals surface area contributed by atoms with E-state index in [4.69, 9.17) is 4.74 Å². The number of aromatic nitrogens is 2. The summed E-state index contributed by atoms with van der Waals surface area (Å²) >= 11 is 1.28. The van der Waals surface area contributed by atoms with E-state index in [-0.39, 0.29) is 23.3 Å². The highest BCUT2D eigenvalue weighted by atomic mass is 32.2. The number of nitrogens with one attached hydrogen (secondary N) is 1. The fourth-order valence-electron chi connectivity index (χ4n) is 2.90. The molecule has 30 heavy (non-hydrogen) atoms. The number of carbonyl (C=O) groups is 1. The minimum absolute atomic E-state index is 0.0698. The Morgan fingerprint density at radius 1 is 1.13 bits per heavy atom. The molecular weight excluding hydrogens is 398 g/mol. The van der Waals surface area contributed by atoms with E-state index >= 15 is 0 Å². The zero-order valence-corrected chi connectivity index (χ0v) is 18.5. The first-order valence-corrected chi connectivity index (χ1v) is 10.9. The van der Waals surface area contributed by atoms with E-state index in [1.807, 2.05) is 49.4 Å². The van der Waals surface area contributed by atoms with E-state index in [1.54, 1.807) is 17.7 Å². The molecule has 0 bridgehead atoms. The van der Waals surface area contributed by atoms with Gasteiger partial charge in [-0.15, -0.1) is 0 Å². The van der Waals surface area contributed by atoms with E-state index in [9.17, 15) is 9.59 Å². The molecule has 0 aliphatic carbocycles. The highest BCUT2D eigenvalue weighted by molar-refractivity contribution is 7.99. The van der Waals surface area contributed by atoms with Crippen LogP contribution in [0, 0.1) is 5.92 Å². The van der Waals surface area contributed by atoms with E-state index in [0.29, 0.717) is 28.5 Å². The van der Waals surface area contributed by atoms with Gasteiger partial charge in [-0.05, 0) is 42.7 Å². The molecule has 0 radical (unpaired) electrons. The number of rotatable bonds is 8. The van der Waals surface area contributed by atoms with Crippen LogP contribution in [0.2, 0.25) is 0 Å². The van der Waals surface area contributed by atoms with Crippen LogP contribution in [0.15, 0.2) is 58.5 Å². The van der Waals surface area contributed by atoms with E-state index in [2.05, 4.69) is 24.1 Å². The second-order valence-corrected chi connectivity index (χ2v) is 8.48. The summed E-state index contributed by atoms with van der Waals surface area (Å²) in [6.07, 6.45) is 0. The number of benzene rings is 2. The molecule has 1 atom stereocenters. The third-order valence-electron chi connectivity index (χ3n) is 5.05. The highest BCUT2D eigenvalue weighted by Crippen LogP contribution is 2.20. The maximum Gasteiger partial charge on any atom is 0.262 e. The number of ether oxygens (including phenoxy) is 1. The van der Waals surface area contributed by atoms with Crippen LogP contribution < -0.4 is 15.6 Å². The highest BCUT2D eigenvalue weighted by Gasteiger charge is 2.15. The minimum atomic E-state index is -0.116. The van der Waals surface area contributed by atoms with E-state index < -0.39 is 0 Å². The number of thioether (sulfide) groups is 1. The molecule has 1 amide bonds. The summed E-state index contributed by atoms with van der Waals surface area (Å²) in [4.78, 5) is 30.2. The van der Waals surface area contributed by atoms with Crippen molar-refractivity contribution < 1.29 is 9.53 Å². The average Bonchev–Trinajstić information content (AvgIpc) is 2.75. The van der Waals surface area contributed by atoms with Gasteiger partial charge < -0.3 is 10.1 Å². The van der Waals surface area contributed by atoms with E-state index in [1.165, 1.54) is 11.8 Å². The summed E-state index contributed by atoms with van der Waals surface area (Å²) in [5.41, 5.74) is 1.47. The van der Waals surface area contributed by atoms with Gasteiger partial charge in [0, 0.05) is 6.04 Å². The Kier molecular flexibility index (Phi) is 7.15. The van der Waals surface area contributed by atoms with Gasteiger partial charge in [0.2, 0.25) is 5.91 Å². The predicted octanol–water partition coefficient (Wildman–Crippen LogP) is 3.71. The zero-order valence-electron chi connectivity index (χ0n) is 17.7. The molecule has 158 valence electrons. The number of fused-ring (bicyclic) bond motifs is 1. The number of amides is 1. The fourth-order valence-corrected chi connectivity index (χ4v) is 3.71. The molecule has 7 heteroatoms. The first-order valence-electron chi connectivity index (χ1n) is 9.93. The average molecular weight is 426 g/mol. The molecule has 1 N–H and O–H groups in total. The summed E-state index contributed by atoms with van der Waals surface area (Å²) in [6, 6.07) is 14.9. The largest absolute Gasteiger partial charge is 0.497 e. The first kappa shape index (κ1) is 21.9. The Balaban J connectivity index is 1.90. The Morgan fingerprint density at radius 2 is 1.83 bits per heavy atom. The van der Waals surface area contributed by atoms with Gasteiger partial charge in [0.05, 0.1) is 30.3 Å². The Morgan fingerprint density at radius 3 is 2.50 bits per heavy atom. The number of para-hydroxylation sites is 1. The summed E-state index contributed by atoms with van der Waals surface area (Å²) in [5, 5.41) is 4.09. The second-order valence-electron chi connectivity index (χ2n) is 7.54. The number of methoxy groups -OCH3 is 1. The van der Waals surface area contributed by atoms with Crippen molar-refractivity contribution in [3.05, 3.63) is 64.4 Å². The van der Waals surface area contributed by atoms with Crippen LogP contribution in [0.4, 0.5) is 0 Å². The topological polar surface area (TPSA) is 73.2 Å². The lowest BCUT2D eigenvalue weighted by Gasteiger charge is -2.18. The summed E-state index contributed by atoms with van der Waals surface area (Å²) in [5.74, 6) is 1.24. The molecule has 3 rings (SSSR count). The normalized spacial score (nSPS) is 12.2. The van der Waals surface area contributed by atoms with Crippen LogP contribution in [0.3, 0.4) is 0 Å². The van der Waals surface area contributed by atoms with E-state index in [0.717, 1.165) is 11.3 Å². The van der Waals surface area contributed by atoms with Crippen molar-refractivity contribution in [2.75, 3.05) is 12.9 Å². The summed E-state index contributed by atoms with van der Waals surface area (Å²) in [7, 11) is 1.62. The fraction of sp³-hybridized carbons (Fsp3) is 0.348. The van der Waals surface area contributed by atoms with Crippen LogP contribution >= 0.6 is 11.8 Å². The molecule has 0 spiro atoms. The van der Waals surface area contributed by atoms with Gasteiger partial charge >= 0.3 is 0 Å². The summed E-state index contributed by atoms with van der Waals surface area (Å²) < 4.78 is 6.84. The molecule has 0 saturated heterocycles. The lowest BCUT2D eigenvalue weighted by Crippen LogP contribution is -2.37. The second kappa shape index (κ2) is 9.80. The molecule has 0 saturated carbocycles. The third kappa shape index (κ3) is 5.21. The van der Waals surface area contributed by atoms with Gasteiger partial charge in [-0.25, -0.2) is 4.98 Å². The third-order valence-corrected chi connectivity index (χ3v) is 6.02. The van der Waals surface area contributed by atoms with Crippen LogP contribution in [-0.4, -0.2) is 34.4 Å². The van der Waals surface area contributed by atoms with Crippen molar-refractivity contribution in [3.8, 4) is 5.75 Å². The number of hydrogen-bond acceptors (Lipinski definition) is 5. The molecule has 0 unspecified atom stereocenters. The van der Waals surface area contributed by atoms with Crippen molar-refractivity contribution in [2.45, 2.75) is 38.5 Å². The molecular formula is C23H27N3O3S. The van der Waals surface area contributed by atoms with Crippen molar-refractivity contribution in [3.63, 3.8) is 0 Å². The van der Waals surface area contributed by atoms with Crippen molar-refractivity contribution >= 4 is 28.6 Å². The molecule has 1 aromatic heterocycles. The standard InChI is InChI=1S/C23H27N3O3S/c1-15(2)16(3)24-21(27)14-30-23-25-20-8-6-5-7-19(20)22(28)26(23)13-17-9-11-18(29-4)12-10-17/h5-12,15-16H,13-14H2,1-4H3,(H,24,27)/t16-/m0/s1. The van der Waals surface area contributed by atoms with Crippen LogP contribution in [0.25, 0.3) is 10.9 Å². The maximum atomic E-state index is 13.2. The maximum absolute atomic E-state index is 13.2. The number of hydrogen-bond donors (Lipinski definition) is 1. The Hall–Kier alpha value is -2.80. The molecule has 2 aromatic carbocycles. The van der Waals surface area contributed by atoms with Gasteiger partial charge in [0.15, 0.2) is 5.16 Å².